The summed E-state index contributed by atoms with van der Waals surface area (Å²) in [4.78, 5) is 27.2. The molecule has 0 aromatic heterocycles. The van der Waals surface area contributed by atoms with E-state index in [1.54, 1.807) is 0 Å². The Balaban J connectivity index is 2.61. The zero-order valence-corrected chi connectivity index (χ0v) is 18.9. The van der Waals surface area contributed by atoms with E-state index in [0.29, 0.717) is 25.3 Å². The Kier molecular flexibility index (Phi) is 9.71. The van der Waals surface area contributed by atoms with Crippen LogP contribution in [0.1, 0.15) is 85.8 Å². The van der Waals surface area contributed by atoms with Gasteiger partial charge < -0.3 is 10.2 Å². The monoisotopic (exact) mass is 388 g/mol. The fourth-order valence-corrected chi connectivity index (χ4v) is 3.70. The van der Waals surface area contributed by atoms with E-state index in [9.17, 15) is 9.59 Å². The molecule has 0 saturated carbocycles. The number of carbonyl (C=O) groups excluding carboxylic acids is 2. The van der Waals surface area contributed by atoms with Crippen molar-refractivity contribution in [1.82, 2.24) is 10.2 Å². The van der Waals surface area contributed by atoms with Crippen molar-refractivity contribution in [2.75, 3.05) is 6.54 Å². The molecule has 4 nitrogen and oxygen atoms in total. The van der Waals surface area contributed by atoms with Gasteiger partial charge in [-0.25, -0.2) is 0 Å². The van der Waals surface area contributed by atoms with Gasteiger partial charge in [0.05, 0.1) is 6.04 Å². The predicted octanol–water partition coefficient (Wildman–Crippen LogP) is 5.34. The molecule has 0 fully saturated rings. The number of amides is 2. The highest BCUT2D eigenvalue weighted by molar-refractivity contribution is 5.79. The SMILES string of the molecule is CCC(C)N(CCC(=O)NC(C)c1ccccc1)C(=O)CC(C)CC(C)(C)C. The van der Waals surface area contributed by atoms with Crippen LogP contribution in [0.25, 0.3) is 0 Å². The first kappa shape index (κ1) is 24.2. The van der Waals surface area contributed by atoms with Gasteiger partial charge in [-0.3, -0.25) is 9.59 Å². The Morgan fingerprint density at radius 3 is 2.21 bits per heavy atom. The van der Waals surface area contributed by atoms with Gasteiger partial charge in [0, 0.05) is 25.4 Å². The molecule has 0 spiro atoms. The number of hydrogen-bond donors (Lipinski definition) is 1. The largest absolute Gasteiger partial charge is 0.350 e. The van der Waals surface area contributed by atoms with E-state index in [0.717, 1.165) is 18.4 Å². The molecule has 0 heterocycles. The minimum atomic E-state index is -0.0340. The summed E-state index contributed by atoms with van der Waals surface area (Å²) in [6.07, 6.45) is 2.79. The highest BCUT2D eigenvalue weighted by atomic mass is 16.2. The maximum absolute atomic E-state index is 12.9. The maximum Gasteiger partial charge on any atom is 0.223 e. The third-order valence-electron chi connectivity index (χ3n) is 5.18. The van der Waals surface area contributed by atoms with E-state index in [1.165, 1.54) is 0 Å². The van der Waals surface area contributed by atoms with Crippen LogP contribution in [-0.4, -0.2) is 29.3 Å². The van der Waals surface area contributed by atoms with Gasteiger partial charge in [0.2, 0.25) is 11.8 Å². The molecule has 0 aliphatic carbocycles. The fourth-order valence-electron chi connectivity index (χ4n) is 3.70. The van der Waals surface area contributed by atoms with Crippen LogP contribution in [0.3, 0.4) is 0 Å². The number of benzene rings is 1. The molecule has 0 aliphatic heterocycles. The summed E-state index contributed by atoms with van der Waals surface area (Å²) in [6.45, 7) is 15.4. The second-order valence-corrected chi connectivity index (χ2v) is 9.37. The van der Waals surface area contributed by atoms with Gasteiger partial charge >= 0.3 is 0 Å². The zero-order valence-electron chi connectivity index (χ0n) is 18.9. The van der Waals surface area contributed by atoms with Crippen LogP contribution in [0.2, 0.25) is 0 Å². The van der Waals surface area contributed by atoms with Crippen LogP contribution in [0.4, 0.5) is 0 Å². The van der Waals surface area contributed by atoms with E-state index < -0.39 is 0 Å². The standard InChI is InChI=1S/C24H40N2O2/c1-8-19(3)26(23(28)16-18(2)17-24(5,6)7)15-14-22(27)25-20(4)21-12-10-9-11-13-21/h9-13,18-20H,8,14-17H2,1-7H3,(H,25,27). The normalized spacial score (nSPS) is 14.8. The molecule has 1 rings (SSSR count). The van der Waals surface area contributed by atoms with E-state index >= 15 is 0 Å². The second kappa shape index (κ2) is 11.2. The number of carbonyl (C=O) groups is 2. The molecule has 0 radical (unpaired) electrons. The van der Waals surface area contributed by atoms with E-state index in [4.69, 9.17) is 0 Å². The molecule has 158 valence electrons. The van der Waals surface area contributed by atoms with Gasteiger partial charge in [0.15, 0.2) is 0 Å². The number of nitrogens with one attached hydrogen (secondary N) is 1. The molecule has 3 atom stereocenters. The van der Waals surface area contributed by atoms with Gasteiger partial charge in [-0.1, -0.05) is 65.0 Å². The Hall–Kier alpha value is -1.84. The molecule has 3 unspecified atom stereocenters. The van der Waals surface area contributed by atoms with E-state index in [1.807, 2.05) is 42.2 Å². The Bertz CT molecular complexity index is 607. The highest BCUT2D eigenvalue weighted by Crippen LogP contribution is 2.26. The number of hydrogen-bond acceptors (Lipinski definition) is 2. The van der Waals surface area contributed by atoms with Crippen LogP contribution in [0.15, 0.2) is 30.3 Å². The first-order valence-corrected chi connectivity index (χ1v) is 10.7. The quantitative estimate of drug-likeness (QED) is 0.588. The van der Waals surface area contributed by atoms with Crippen molar-refractivity contribution in [3.05, 3.63) is 35.9 Å². The lowest BCUT2D eigenvalue weighted by molar-refractivity contribution is -0.135. The lowest BCUT2D eigenvalue weighted by Gasteiger charge is -2.31. The highest BCUT2D eigenvalue weighted by Gasteiger charge is 2.24. The van der Waals surface area contributed by atoms with Gasteiger partial charge in [0.25, 0.3) is 0 Å². The average molecular weight is 389 g/mol. The number of nitrogens with zero attached hydrogens (tertiary/aromatic N) is 1. The molecule has 1 aromatic rings. The Labute approximate surface area is 172 Å². The van der Waals surface area contributed by atoms with Crippen molar-refractivity contribution < 1.29 is 9.59 Å². The van der Waals surface area contributed by atoms with Crippen LogP contribution in [-0.2, 0) is 9.59 Å². The van der Waals surface area contributed by atoms with Crippen LogP contribution in [0, 0.1) is 11.3 Å². The topological polar surface area (TPSA) is 49.4 Å². The summed E-state index contributed by atoms with van der Waals surface area (Å²) in [5.74, 6) is 0.487. The summed E-state index contributed by atoms with van der Waals surface area (Å²) < 4.78 is 0. The van der Waals surface area contributed by atoms with Crippen molar-refractivity contribution in [3.63, 3.8) is 0 Å². The van der Waals surface area contributed by atoms with Crippen molar-refractivity contribution >= 4 is 11.8 Å². The van der Waals surface area contributed by atoms with Crippen molar-refractivity contribution in [3.8, 4) is 0 Å². The Morgan fingerprint density at radius 1 is 1.07 bits per heavy atom. The number of rotatable bonds is 10. The van der Waals surface area contributed by atoms with Crippen LogP contribution >= 0.6 is 0 Å². The van der Waals surface area contributed by atoms with E-state index in [-0.39, 0.29) is 29.3 Å². The summed E-state index contributed by atoms with van der Waals surface area (Å²) in [5, 5.41) is 3.04. The fraction of sp³-hybridized carbons (Fsp3) is 0.667. The van der Waals surface area contributed by atoms with E-state index in [2.05, 4.69) is 46.9 Å². The minimum Gasteiger partial charge on any atom is -0.350 e. The molecule has 1 N–H and O–H groups in total. The molecular formula is C24H40N2O2. The van der Waals surface area contributed by atoms with Crippen molar-refractivity contribution in [2.45, 2.75) is 86.2 Å². The predicted molar refractivity (Wildman–Crippen MR) is 117 cm³/mol. The van der Waals surface area contributed by atoms with Crippen molar-refractivity contribution in [2.24, 2.45) is 11.3 Å². The van der Waals surface area contributed by atoms with Gasteiger partial charge in [0.1, 0.15) is 0 Å². The first-order valence-electron chi connectivity index (χ1n) is 10.7. The van der Waals surface area contributed by atoms with Crippen LogP contribution in [0.5, 0.6) is 0 Å². The molecule has 4 heteroatoms. The maximum atomic E-state index is 12.9. The third-order valence-corrected chi connectivity index (χ3v) is 5.18. The van der Waals surface area contributed by atoms with Gasteiger partial charge in [-0.15, -0.1) is 0 Å². The lowest BCUT2D eigenvalue weighted by Crippen LogP contribution is -2.41. The zero-order chi connectivity index (χ0) is 21.3. The van der Waals surface area contributed by atoms with Gasteiger partial charge in [-0.05, 0) is 43.6 Å². The molecule has 1 aromatic carbocycles. The second-order valence-electron chi connectivity index (χ2n) is 9.37. The first-order chi connectivity index (χ1) is 13.0. The molecular weight excluding hydrogens is 348 g/mol. The Morgan fingerprint density at radius 2 is 1.68 bits per heavy atom. The summed E-state index contributed by atoms with van der Waals surface area (Å²) in [5.41, 5.74) is 1.30. The molecule has 0 saturated heterocycles. The van der Waals surface area contributed by atoms with Crippen molar-refractivity contribution in [1.29, 1.82) is 0 Å². The summed E-state index contributed by atoms with van der Waals surface area (Å²) >= 11 is 0. The average Bonchev–Trinajstić information content (AvgIpc) is 2.60. The molecule has 0 bridgehead atoms. The third kappa shape index (κ3) is 8.90. The summed E-state index contributed by atoms with van der Waals surface area (Å²) in [6, 6.07) is 10.0. The molecule has 28 heavy (non-hydrogen) atoms. The lowest BCUT2D eigenvalue weighted by atomic mass is 9.84. The summed E-state index contributed by atoms with van der Waals surface area (Å²) in [7, 11) is 0. The van der Waals surface area contributed by atoms with Crippen LogP contribution < -0.4 is 5.32 Å². The minimum absolute atomic E-state index is 0.0137. The van der Waals surface area contributed by atoms with Gasteiger partial charge in [-0.2, -0.15) is 0 Å². The molecule has 0 aliphatic rings. The smallest absolute Gasteiger partial charge is 0.223 e. The molecule has 2 amide bonds.